The number of benzene rings is 3. The number of carbonyl (C=O) groups is 1. The number of alkyl halides is 3. The van der Waals surface area contributed by atoms with Crippen LogP contribution in [0.1, 0.15) is 25.7 Å². The van der Waals surface area contributed by atoms with Crippen LogP contribution in [0.5, 0.6) is 0 Å². The monoisotopic (exact) mass is 601 g/mol. The van der Waals surface area contributed by atoms with Gasteiger partial charge in [0.2, 0.25) is 0 Å². The summed E-state index contributed by atoms with van der Waals surface area (Å²) in [5.74, 6) is 0.927. The number of nitrogens with zero attached hydrogens (tertiary/aromatic N) is 5. The first-order valence-electron chi connectivity index (χ1n) is 14.3. The Morgan fingerprint density at radius 2 is 1.58 bits per heavy atom. The SMILES string of the molecule is Cn1c(-c2cccc(N3CCc4sc(C(=O)N5CCN(c6cccc(C(F)(F)F)c6)CC5)cc4C3)c2)nc2ccccc21. The van der Waals surface area contributed by atoms with Crippen LogP contribution in [0.3, 0.4) is 0 Å². The molecular weight excluding hydrogens is 571 g/mol. The minimum Gasteiger partial charge on any atom is -0.368 e. The van der Waals surface area contributed by atoms with Gasteiger partial charge >= 0.3 is 6.18 Å². The second-order valence-corrected chi connectivity index (χ2v) is 12.2. The van der Waals surface area contributed by atoms with Gasteiger partial charge in [0.15, 0.2) is 0 Å². The van der Waals surface area contributed by atoms with Crippen molar-refractivity contribution in [1.29, 1.82) is 0 Å². The van der Waals surface area contributed by atoms with Crippen LogP contribution in [0, 0.1) is 0 Å². The lowest BCUT2D eigenvalue weighted by molar-refractivity contribution is -0.137. The fourth-order valence-electron chi connectivity index (χ4n) is 6.11. The highest BCUT2D eigenvalue weighted by Gasteiger charge is 2.32. The molecule has 1 saturated heterocycles. The molecule has 0 aliphatic carbocycles. The molecule has 0 N–H and O–H groups in total. The number of anilines is 2. The molecule has 3 aromatic carbocycles. The molecule has 43 heavy (non-hydrogen) atoms. The van der Waals surface area contributed by atoms with Crippen molar-refractivity contribution < 1.29 is 18.0 Å². The summed E-state index contributed by atoms with van der Waals surface area (Å²) < 4.78 is 41.6. The number of fused-ring (bicyclic) bond motifs is 2. The van der Waals surface area contributed by atoms with Crippen LogP contribution in [-0.2, 0) is 26.2 Å². The van der Waals surface area contributed by atoms with Crippen molar-refractivity contribution in [2.24, 2.45) is 7.05 Å². The third kappa shape index (κ3) is 5.24. The number of aromatic nitrogens is 2. The standard InChI is InChI=1S/C33H30F3N5OS/c1-38-28-11-3-2-10-27(28)37-31(38)22-6-4-8-25(18-22)41-13-12-29-23(21-41)19-30(43-29)32(42)40-16-14-39(15-17-40)26-9-5-7-24(20-26)33(34,35)36/h2-11,18-20H,12-17,21H2,1H3. The normalized spacial score (nSPS) is 15.7. The first-order valence-corrected chi connectivity index (χ1v) is 15.2. The Balaban J connectivity index is 1.03. The van der Waals surface area contributed by atoms with Crippen molar-refractivity contribution in [3.8, 4) is 11.4 Å². The lowest BCUT2D eigenvalue weighted by Gasteiger charge is -2.36. The zero-order valence-corrected chi connectivity index (χ0v) is 24.5. The Morgan fingerprint density at radius 3 is 2.35 bits per heavy atom. The van der Waals surface area contributed by atoms with E-state index in [4.69, 9.17) is 4.98 Å². The van der Waals surface area contributed by atoms with Gasteiger partial charge in [-0.25, -0.2) is 4.98 Å². The Kier molecular flexibility index (Phi) is 6.88. The van der Waals surface area contributed by atoms with Gasteiger partial charge in [-0.2, -0.15) is 13.2 Å². The molecule has 4 heterocycles. The molecule has 0 bridgehead atoms. The van der Waals surface area contributed by atoms with E-state index in [9.17, 15) is 18.0 Å². The zero-order chi connectivity index (χ0) is 29.7. The summed E-state index contributed by atoms with van der Waals surface area (Å²) >= 11 is 1.57. The van der Waals surface area contributed by atoms with Gasteiger partial charge in [-0.05, 0) is 60.5 Å². The highest BCUT2D eigenvalue weighted by atomic mass is 32.1. The fourth-order valence-corrected chi connectivity index (χ4v) is 7.24. The second kappa shape index (κ2) is 10.8. The van der Waals surface area contributed by atoms with E-state index < -0.39 is 11.7 Å². The molecule has 5 aromatic rings. The number of amides is 1. The van der Waals surface area contributed by atoms with Gasteiger partial charge < -0.3 is 19.3 Å². The van der Waals surface area contributed by atoms with E-state index in [1.165, 1.54) is 22.6 Å². The van der Waals surface area contributed by atoms with Crippen LogP contribution in [-0.4, -0.2) is 53.1 Å². The van der Waals surface area contributed by atoms with Crippen molar-refractivity contribution >= 4 is 39.7 Å². The summed E-state index contributed by atoms with van der Waals surface area (Å²) in [6.07, 6.45) is -3.51. The van der Waals surface area contributed by atoms with Crippen LogP contribution in [0.15, 0.2) is 78.9 Å². The number of thiophene rings is 1. The molecule has 0 saturated carbocycles. The van der Waals surface area contributed by atoms with Crippen LogP contribution in [0.2, 0.25) is 0 Å². The number of carbonyl (C=O) groups excluding carboxylic acids is 1. The van der Waals surface area contributed by atoms with E-state index in [2.05, 4.69) is 39.8 Å². The first kappa shape index (κ1) is 27.5. The maximum atomic E-state index is 13.5. The van der Waals surface area contributed by atoms with Crippen LogP contribution < -0.4 is 9.80 Å². The van der Waals surface area contributed by atoms with Crippen molar-refractivity contribution in [2.75, 3.05) is 42.5 Å². The molecule has 0 radical (unpaired) electrons. The molecule has 1 amide bonds. The molecule has 2 aliphatic rings. The predicted octanol–water partition coefficient (Wildman–Crippen LogP) is 6.85. The van der Waals surface area contributed by atoms with Crippen molar-refractivity contribution in [1.82, 2.24) is 14.5 Å². The Bertz CT molecular complexity index is 1820. The lowest BCUT2D eigenvalue weighted by atomic mass is 10.1. The minimum absolute atomic E-state index is 0.00140. The molecule has 0 unspecified atom stereocenters. The highest BCUT2D eigenvalue weighted by molar-refractivity contribution is 7.14. The summed E-state index contributed by atoms with van der Waals surface area (Å²) in [5, 5.41) is 0. The maximum absolute atomic E-state index is 13.5. The number of aryl methyl sites for hydroxylation is 1. The second-order valence-electron chi connectivity index (χ2n) is 11.1. The molecule has 2 aromatic heterocycles. The molecule has 1 fully saturated rings. The summed E-state index contributed by atoms with van der Waals surface area (Å²) in [4.78, 5) is 26.4. The van der Waals surface area contributed by atoms with Crippen molar-refractivity contribution in [3.05, 3.63) is 99.7 Å². The van der Waals surface area contributed by atoms with Crippen LogP contribution in [0.25, 0.3) is 22.4 Å². The number of para-hydroxylation sites is 2. The lowest BCUT2D eigenvalue weighted by Crippen LogP contribution is -2.48. The molecular formula is C33H30F3N5OS. The van der Waals surface area contributed by atoms with Gasteiger partial charge in [0.05, 0.1) is 21.5 Å². The average molecular weight is 602 g/mol. The van der Waals surface area contributed by atoms with E-state index in [1.54, 1.807) is 17.4 Å². The minimum atomic E-state index is -4.38. The van der Waals surface area contributed by atoms with Crippen LogP contribution in [0.4, 0.5) is 24.5 Å². The molecule has 0 atom stereocenters. The number of rotatable bonds is 4. The van der Waals surface area contributed by atoms with Crippen molar-refractivity contribution in [2.45, 2.75) is 19.1 Å². The number of hydrogen-bond acceptors (Lipinski definition) is 5. The third-order valence-electron chi connectivity index (χ3n) is 8.44. The van der Waals surface area contributed by atoms with Crippen LogP contribution >= 0.6 is 11.3 Å². The van der Waals surface area contributed by atoms with Gasteiger partial charge in [0, 0.05) is 68.1 Å². The Labute approximate surface area is 251 Å². The van der Waals surface area contributed by atoms with Gasteiger partial charge in [0.25, 0.3) is 5.91 Å². The van der Waals surface area contributed by atoms with E-state index >= 15 is 0 Å². The topological polar surface area (TPSA) is 44.6 Å². The largest absolute Gasteiger partial charge is 0.416 e. The van der Waals surface area contributed by atoms with E-state index in [-0.39, 0.29) is 5.91 Å². The molecule has 6 nitrogen and oxygen atoms in total. The Morgan fingerprint density at radius 1 is 0.837 bits per heavy atom. The average Bonchev–Trinajstić information content (AvgIpc) is 3.61. The fraction of sp³-hybridized carbons (Fsp3) is 0.273. The summed E-state index contributed by atoms with van der Waals surface area (Å²) in [6, 6.07) is 24.0. The zero-order valence-electron chi connectivity index (χ0n) is 23.6. The highest BCUT2D eigenvalue weighted by Crippen LogP contribution is 2.35. The number of halogens is 3. The van der Waals surface area contributed by atoms with E-state index in [1.807, 2.05) is 41.1 Å². The molecule has 0 spiro atoms. The molecule has 220 valence electrons. The maximum Gasteiger partial charge on any atom is 0.416 e. The van der Waals surface area contributed by atoms with E-state index in [0.29, 0.717) is 31.9 Å². The Hall–Kier alpha value is -4.31. The number of piperazine rings is 1. The van der Waals surface area contributed by atoms with Gasteiger partial charge in [-0.3, -0.25) is 4.79 Å². The molecule has 10 heteroatoms. The van der Waals surface area contributed by atoms with E-state index in [0.717, 1.165) is 58.6 Å². The molecule has 7 rings (SSSR count). The summed E-state index contributed by atoms with van der Waals surface area (Å²) in [7, 11) is 2.04. The van der Waals surface area contributed by atoms with Gasteiger partial charge in [-0.15, -0.1) is 11.3 Å². The van der Waals surface area contributed by atoms with Gasteiger partial charge in [0.1, 0.15) is 5.82 Å². The quantitative estimate of drug-likeness (QED) is 0.226. The summed E-state index contributed by atoms with van der Waals surface area (Å²) in [5.41, 5.74) is 5.31. The first-order chi connectivity index (χ1) is 20.7. The number of hydrogen-bond donors (Lipinski definition) is 0. The predicted molar refractivity (Wildman–Crippen MR) is 165 cm³/mol. The third-order valence-corrected chi connectivity index (χ3v) is 9.66. The molecule has 2 aliphatic heterocycles. The number of imidazole rings is 1. The smallest absolute Gasteiger partial charge is 0.368 e. The van der Waals surface area contributed by atoms with Gasteiger partial charge in [-0.1, -0.05) is 30.3 Å². The van der Waals surface area contributed by atoms with Crippen molar-refractivity contribution in [3.63, 3.8) is 0 Å². The summed E-state index contributed by atoms with van der Waals surface area (Å²) in [6.45, 7) is 3.52.